The number of para-hydroxylation sites is 2. The topological polar surface area (TPSA) is 100 Å². The molecule has 0 aliphatic heterocycles. The van der Waals surface area contributed by atoms with E-state index in [9.17, 15) is 9.59 Å². The number of furan rings is 1. The lowest BCUT2D eigenvalue weighted by molar-refractivity contribution is -0.121. The number of fused-ring (bicyclic) bond motifs is 4. The van der Waals surface area contributed by atoms with Crippen LogP contribution in [0.1, 0.15) is 21.5 Å². The van der Waals surface area contributed by atoms with Crippen molar-refractivity contribution in [1.29, 1.82) is 0 Å². The van der Waals surface area contributed by atoms with Gasteiger partial charge < -0.3 is 9.40 Å². The van der Waals surface area contributed by atoms with Crippen LogP contribution in [-0.2, 0) is 17.0 Å². The summed E-state index contributed by atoms with van der Waals surface area (Å²) in [5.41, 5.74) is 9.97. The molecule has 0 aliphatic rings. The maximum absolute atomic E-state index is 12.6. The van der Waals surface area contributed by atoms with Crippen LogP contribution in [0.3, 0.4) is 0 Å². The highest BCUT2D eigenvalue weighted by Crippen LogP contribution is 2.30. The summed E-state index contributed by atoms with van der Waals surface area (Å²) in [6.07, 6.45) is 1.68. The maximum atomic E-state index is 12.6. The first-order chi connectivity index (χ1) is 18.1. The molecule has 2 aromatic heterocycles. The standard InChI is InChI=1S/C29H22N4O3S/c34-26(15-21-16-36-25-14-13-19-5-1-2-6-22(19)27(21)25)32-33-28(35)20-11-9-18(10-12-20)17-37-29-30-23-7-3-4-8-24(23)31-29/h1-14,16H,15,17H2,(H,30,31)(H,32,34)(H,33,35). The minimum Gasteiger partial charge on any atom is -0.464 e. The summed E-state index contributed by atoms with van der Waals surface area (Å²) < 4.78 is 5.65. The van der Waals surface area contributed by atoms with Crippen molar-refractivity contribution in [3.8, 4) is 0 Å². The molecule has 8 heteroatoms. The highest BCUT2D eigenvalue weighted by atomic mass is 32.2. The fraction of sp³-hybridized carbons (Fsp3) is 0.0690. The largest absolute Gasteiger partial charge is 0.464 e. The molecule has 7 nitrogen and oxygen atoms in total. The third-order valence-corrected chi connectivity index (χ3v) is 7.11. The second kappa shape index (κ2) is 9.83. The number of nitrogens with zero attached hydrogens (tertiary/aromatic N) is 1. The van der Waals surface area contributed by atoms with Crippen molar-refractivity contribution < 1.29 is 14.0 Å². The Hall–Kier alpha value is -4.56. The smallest absolute Gasteiger partial charge is 0.269 e. The van der Waals surface area contributed by atoms with Gasteiger partial charge in [-0.05, 0) is 46.7 Å². The lowest BCUT2D eigenvalue weighted by Gasteiger charge is -2.08. The number of amides is 2. The third kappa shape index (κ3) is 4.79. The van der Waals surface area contributed by atoms with Gasteiger partial charge in [-0.1, -0.05) is 66.4 Å². The number of nitrogens with one attached hydrogen (secondary N) is 3. The Bertz CT molecular complexity index is 1720. The lowest BCUT2D eigenvalue weighted by atomic mass is 10.0. The van der Waals surface area contributed by atoms with E-state index in [0.29, 0.717) is 11.3 Å². The predicted molar refractivity (Wildman–Crippen MR) is 145 cm³/mol. The number of hydrogen-bond donors (Lipinski definition) is 3. The van der Waals surface area contributed by atoms with Crippen LogP contribution in [0.25, 0.3) is 32.8 Å². The molecule has 0 fully saturated rings. The van der Waals surface area contributed by atoms with Crippen LogP contribution in [0.2, 0.25) is 0 Å². The van der Waals surface area contributed by atoms with Crippen LogP contribution in [0.5, 0.6) is 0 Å². The van der Waals surface area contributed by atoms with E-state index >= 15 is 0 Å². The number of rotatable bonds is 6. The number of carbonyl (C=O) groups is 2. The second-order valence-corrected chi connectivity index (χ2v) is 9.61. The highest BCUT2D eigenvalue weighted by molar-refractivity contribution is 7.98. The molecule has 6 aromatic rings. The number of carbonyl (C=O) groups excluding carboxylic acids is 2. The Morgan fingerprint density at radius 3 is 2.57 bits per heavy atom. The molecule has 0 radical (unpaired) electrons. The van der Waals surface area contributed by atoms with Gasteiger partial charge in [-0.15, -0.1) is 0 Å². The first kappa shape index (κ1) is 22.9. The van der Waals surface area contributed by atoms with E-state index in [0.717, 1.165) is 49.1 Å². The number of imidazole rings is 1. The molecule has 0 atom stereocenters. The minimum atomic E-state index is -0.382. The summed E-state index contributed by atoms with van der Waals surface area (Å²) in [5, 5.41) is 3.87. The summed E-state index contributed by atoms with van der Waals surface area (Å²) in [6.45, 7) is 0. The molecule has 37 heavy (non-hydrogen) atoms. The quantitative estimate of drug-likeness (QED) is 0.197. The second-order valence-electron chi connectivity index (χ2n) is 8.64. The van der Waals surface area contributed by atoms with Crippen molar-refractivity contribution in [2.24, 2.45) is 0 Å². The fourth-order valence-corrected chi connectivity index (χ4v) is 5.16. The zero-order valence-electron chi connectivity index (χ0n) is 19.7. The van der Waals surface area contributed by atoms with Gasteiger partial charge in [-0.25, -0.2) is 4.98 Å². The zero-order valence-corrected chi connectivity index (χ0v) is 20.5. The van der Waals surface area contributed by atoms with Crippen LogP contribution in [0.4, 0.5) is 0 Å². The van der Waals surface area contributed by atoms with Crippen molar-refractivity contribution in [3.63, 3.8) is 0 Å². The lowest BCUT2D eigenvalue weighted by Crippen LogP contribution is -2.42. The van der Waals surface area contributed by atoms with Gasteiger partial charge in [0.05, 0.1) is 23.7 Å². The van der Waals surface area contributed by atoms with E-state index in [1.165, 1.54) is 0 Å². The third-order valence-electron chi connectivity index (χ3n) is 6.17. The van der Waals surface area contributed by atoms with Gasteiger partial charge in [-0.2, -0.15) is 0 Å². The molecule has 3 N–H and O–H groups in total. The van der Waals surface area contributed by atoms with Crippen LogP contribution < -0.4 is 10.9 Å². The summed E-state index contributed by atoms with van der Waals surface area (Å²) in [7, 11) is 0. The molecule has 0 saturated heterocycles. The van der Waals surface area contributed by atoms with Crippen molar-refractivity contribution >= 4 is 56.4 Å². The minimum absolute atomic E-state index is 0.0826. The molecule has 4 aromatic carbocycles. The molecule has 0 aliphatic carbocycles. The summed E-state index contributed by atoms with van der Waals surface area (Å²) in [4.78, 5) is 33.0. The molecule has 0 bridgehead atoms. The van der Waals surface area contributed by atoms with Crippen molar-refractivity contribution in [2.45, 2.75) is 17.3 Å². The molecule has 0 saturated carbocycles. The van der Waals surface area contributed by atoms with Gasteiger partial charge in [0, 0.05) is 22.3 Å². The molecular weight excluding hydrogens is 484 g/mol. The molecule has 2 heterocycles. The fourth-order valence-electron chi connectivity index (χ4n) is 4.32. The van der Waals surface area contributed by atoms with Gasteiger partial charge >= 0.3 is 0 Å². The van der Waals surface area contributed by atoms with Crippen molar-refractivity contribution in [2.75, 3.05) is 0 Å². The van der Waals surface area contributed by atoms with E-state index in [2.05, 4.69) is 20.8 Å². The van der Waals surface area contributed by atoms with Gasteiger partial charge in [0.25, 0.3) is 5.91 Å². The van der Waals surface area contributed by atoms with E-state index < -0.39 is 0 Å². The van der Waals surface area contributed by atoms with Crippen molar-refractivity contribution in [1.82, 2.24) is 20.8 Å². The number of hydrazine groups is 1. The Labute approximate surface area is 216 Å². The molecular formula is C29H22N4O3S. The molecule has 0 unspecified atom stereocenters. The Balaban J connectivity index is 1.05. The average molecular weight is 507 g/mol. The first-order valence-corrected chi connectivity index (χ1v) is 12.8. The SMILES string of the molecule is O=C(Cc1coc2ccc3ccccc3c12)NNC(=O)c1ccc(CSc2nc3ccccc3[nH]2)cc1. The summed E-state index contributed by atoms with van der Waals surface area (Å²) >= 11 is 1.60. The van der Waals surface area contributed by atoms with Crippen LogP contribution in [0, 0.1) is 0 Å². The molecule has 0 spiro atoms. The molecule has 182 valence electrons. The van der Waals surface area contributed by atoms with Gasteiger partial charge in [0.15, 0.2) is 5.16 Å². The van der Waals surface area contributed by atoms with Crippen LogP contribution >= 0.6 is 11.8 Å². The highest BCUT2D eigenvalue weighted by Gasteiger charge is 2.14. The van der Waals surface area contributed by atoms with E-state index in [-0.39, 0.29) is 18.2 Å². The van der Waals surface area contributed by atoms with E-state index in [1.807, 2.05) is 72.8 Å². The van der Waals surface area contributed by atoms with Crippen LogP contribution in [0.15, 0.2) is 101 Å². The predicted octanol–water partition coefficient (Wildman–Crippen LogP) is 5.76. The number of thioether (sulfide) groups is 1. The van der Waals surface area contributed by atoms with Gasteiger partial charge in [0.2, 0.25) is 5.91 Å². The number of benzene rings is 4. The number of hydrogen-bond acceptors (Lipinski definition) is 5. The van der Waals surface area contributed by atoms with Gasteiger partial charge in [0.1, 0.15) is 5.58 Å². The Morgan fingerprint density at radius 1 is 0.892 bits per heavy atom. The van der Waals surface area contributed by atoms with Crippen LogP contribution in [-0.4, -0.2) is 21.8 Å². The normalized spacial score (nSPS) is 11.2. The number of H-pyrrole nitrogens is 1. The van der Waals surface area contributed by atoms with Gasteiger partial charge in [-0.3, -0.25) is 20.4 Å². The average Bonchev–Trinajstić information content (AvgIpc) is 3.55. The number of aromatic nitrogens is 2. The van der Waals surface area contributed by atoms with Crippen molar-refractivity contribution in [3.05, 3.63) is 108 Å². The summed E-state index contributed by atoms with van der Waals surface area (Å²) in [5.74, 6) is 0.00128. The summed E-state index contributed by atoms with van der Waals surface area (Å²) in [6, 6.07) is 27.1. The van der Waals surface area contributed by atoms with E-state index in [4.69, 9.17) is 4.42 Å². The molecule has 2 amide bonds. The van der Waals surface area contributed by atoms with E-state index in [1.54, 1.807) is 30.2 Å². The number of aromatic amines is 1. The molecule has 6 rings (SSSR count). The maximum Gasteiger partial charge on any atom is 0.269 e. The zero-order chi connectivity index (χ0) is 25.2. The Kier molecular flexibility index (Phi) is 6.08. The monoisotopic (exact) mass is 506 g/mol. The first-order valence-electron chi connectivity index (χ1n) is 11.8. The Morgan fingerprint density at radius 2 is 1.70 bits per heavy atom.